The van der Waals surface area contributed by atoms with E-state index < -0.39 is 0 Å². The molecule has 2 rings (SSSR count). The summed E-state index contributed by atoms with van der Waals surface area (Å²) >= 11 is 1.43. The maximum absolute atomic E-state index is 5.57. The van der Waals surface area contributed by atoms with Crippen LogP contribution in [0, 0.1) is 0 Å². The molecule has 1 atom stereocenters. The summed E-state index contributed by atoms with van der Waals surface area (Å²) in [5.74, 6) is 0.607. The third-order valence-electron chi connectivity index (χ3n) is 2.65. The van der Waals surface area contributed by atoms with Crippen LogP contribution >= 0.6 is 11.5 Å². The Morgan fingerprint density at radius 3 is 2.93 bits per heavy atom. The van der Waals surface area contributed by atoms with Gasteiger partial charge in [-0.2, -0.15) is 4.37 Å². The summed E-state index contributed by atoms with van der Waals surface area (Å²) in [5, 5.41) is 4.49. The number of hydrogen-bond donors (Lipinski definition) is 2. The number of rotatable bonds is 4. The quantitative estimate of drug-likeness (QED) is 0.819. The van der Waals surface area contributed by atoms with Crippen LogP contribution in [-0.4, -0.2) is 34.9 Å². The van der Waals surface area contributed by atoms with Crippen molar-refractivity contribution >= 4 is 22.4 Å². The predicted octanol–water partition coefficient (Wildman–Crippen LogP) is 1.62. The van der Waals surface area contributed by atoms with Gasteiger partial charge in [-0.05, 0) is 44.4 Å². The molecule has 1 aromatic rings. The molecule has 1 fully saturated rings. The van der Waals surface area contributed by atoms with Crippen LogP contribution in [-0.2, 0) is 0 Å². The molecule has 1 aliphatic heterocycles. The molecular weight excluding hydrogens is 208 g/mol. The van der Waals surface area contributed by atoms with Gasteiger partial charge in [0.2, 0.25) is 0 Å². The highest BCUT2D eigenvalue weighted by atomic mass is 32.1. The topological polar surface area (TPSA) is 54.2 Å². The Morgan fingerprint density at radius 2 is 2.33 bits per heavy atom. The summed E-state index contributed by atoms with van der Waals surface area (Å²) in [6, 6.07) is 2.36. The van der Waals surface area contributed by atoms with Crippen molar-refractivity contribution in [2.75, 3.05) is 30.7 Å². The minimum absolute atomic E-state index is 0.461. The highest BCUT2D eigenvalue weighted by molar-refractivity contribution is 7.10. The molecule has 0 aromatic carbocycles. The average Bonchev–Trinajstić information content (AvgIpc) is 2.77. The SMILES string of the molecule is CC(CN1CCCC1)Nc1cc(N)ns1. The van der Waals surface area contributed by atoms with E-state index in [0.29, 0.717) is 11.9 Å². The van der Waals surface area contributed by atoms with E-state index in [1.54, 1.807) is 0 Å². The smallest absolute Gasteiger partial charge is 0.139 e. The van der Waals surface area contributed by atoms with Gasteiger partial charge < -0.3 is 16.0 Å². The fourth-order valence-corrected chi connectivity index (χ4v) is 2.68. The Bertz CT molecular complexity index is 306. The lowest BCUT2D eigenvalue weighted by atomic mass is 10.3. The number of nitrogens with two attached hydrogens (primary N) is 1. The van der Waals surface area contributed by atoms with E-state index in [-0.39, 0.29) is 0 Å². The summed E-state index contributed by atoms with van der Waals surface area (Å²) in [7, 11) is 0. The minimum atomic E-state index is 0.461. The number of nitrogens with zero attached hydrogens (tertiary/aromatic N) is 2. The number of nitrogens with one attached hydrogen (secondary N) is 1. The molecular formula is C10H18N4S. The molecule has 0 aliphatic carbocycles. The third-order valence-corrected chi connectivity index (χ3v) is 3.38. The Morgan fingerprint density at radius 1 is 1.60 bits per heavy atom. The van der Waals surface area contributed by atoms with Gasteiger partial charge in [-0.1, -0.05) is 0 Å². The van der Waals surface area contributed by atoms with Crippen LogP contribution in [0.2, 0.25) is 0 Å². The highest BCUT2D eigenvalue weighted by Crippen LogP contribution is 2.19. The van der Waals surface area contributed by atoms with Crippen molar-refractivity contribution in [3.8, 4) is 0 Å². The maximum atomic E-state index is 5.57. The predicted molar refractivity (Wildman–Crippen MR) is 65.3 cm³/mol. The molecule has 84 valence electrons. The van der Waals surface area contributed by atoms with Gasteiger partial charge in [-0.15, -0.1) is 0 Å². The number of anilines is 2. The highest BCUT2D eigenvalue weighted by Gasteiger charge is 2.14. The van der Waals surface area contributed by atoms with Gasteiger partial charge in [0, 0.05) is 18.7 Å². The molecule has 5 heteroatoms. The summed E-state index contributed by atoms with van der Waals surface area (Å²) in [6.07, 6.45) is 2.69. The van der Waals surface area contributed by atoms with Crippen LogP contribution in [0.3, 0.4) is 0 Å². The molecule has 1 aliphatic rings. The fraction of sp³-hybridized carbons (Fsp3) is 0.700. The third kappa shape index (κ3) is 3.07. The van der Waals surface area contributed by atoms with Gasteiger partial charge in [-0.25, -0.2) is 0 Å². The lowest BCUT2D eigenvalue weighted by molar-refractivity contribution is 0.328. The van der Waals surface area contributed by atoms with E-state index in [4.69, 9.17) is 5.73 Å². The van der Waals surface area contributed by atoms with Crippen LogP contribution in [0.25, 0.3) is 0 Å². The Labute approximate surface area is 94.6 Å². The van der Waals surface area contributed by atoms with Gasteiger partial charge >= 0.3 is 0 Å². The second kappa shape index (κ2) is 4.81. The summed E-state index contributed by atoms with van der Waals surface area (Å²) < 4.78 is 4.04. The van der Waals surface area contributed by atoms with Crippen molar-refractivity contribution in [3.63, 3.8) is 0 Å². The first-order valence-electron chi connectivity index (χ1n) is 5.45. The van der Waals surface area contributed by atoms with Crippen molar-refractivity contribution < 1.29 is 0 Å². The molecule has 4 nitrogen and oxygen atoms in total. The Hall–Kier alpha value is -0.810. The second-order valence-corrected chi connectivity index (χ2v) is 4.97. The van der Waals surface area contributed by atoms with Crippen molar-refractivity contribution in [1.29, 1.82) is 0 Å². The number of aromatic nitrogens is 1. The van der Waals surface area contributed by atoms with Crippen molar-refractivity contribution in [2.45, 2.75) is 25.8 Å². The van der Waals surface area contributed by atoms with E-state index in [9.17, 15) is 0 Å². The first-order chi connectivity index (χ1) is 7.24. The van der Waals surface area contributed by atoms with Crippen LogP contribution in [0.1, 0.15) is 19.8 Å². The van der Waals surface area contributed by atoms with Crippen LogP contribution in [0.5, 0.6) is 0 Å². The zero-order valence-electron chi connectivity index (χ0n) is 9.07. The zero-order valence-corrected chi connectivity index (χ0v) is 9.89. The van der Waals surface area contributed by atoms with Gasteiger partial charge in [0.25, 0.3) is 0 Å². The van der Waals surface area contributed by atoms with Gasteiger partial charge in [0.15, 0.2) is 0 Å². The molecule has 0 spiro atoms. The molecule has 1 aromatic heterocycles. The Kier molecular flexibility index (Phi) is 3.43. The lowest BCUT2D eigenvalue weighted by Crippen LogP contribution is -2.32. The normalized spacial score (nSPS) is 19.3. The van der Waals surface area contributed by atoms with E-state index in [1.807, 2.05) is 6.07 Å². The Balaban J connectivity index is 1.78. The molecule has 0 radical (unpaired) electrons. The van der Waals surface area contributed by atoms with Gasteiger partial charge in [-0.3, -0.25) is 0 Å². The molecule has 1 saturated heterocycles. The van der Waals surface area contributed by atoms with E-state index in [0.717, 1.165) is 11.5 Å². The van der Waals surface area contributed by atoms with Crippen LogP contribution in [0.15, 0.2) is 6.07 Å². The summed E-state index contributed by atoms with van der Waals surface area (Å²) in [6.45, 7) is 5.81. The lowest BCUT2D eigenvalue weighted by Gasteiger charge is -2.20. The number of likely N-dealkylation sites (tertiary alicyclic amines) is 1. The number of hydrogen-bond acceptors (Lipinski definition) is 5. The molecule has 0 saturated carbocycles. The molecule has 2 heterocycles. The van der Waals surface area contributed by atoms with Crippen LogP contribution in [0.4, 0.5) is 10.8 Å². The first kappa shape index (κ1) is 10.7. The van der Waals surface area contributed by atoms with Gasteiger partial charge in [0.1, 0.15) is 10.8 Å². The zero-order chi connectivity index (χ0) is 10.7. The molecule has 15 heavy (non-hydrogen) atoms. The fourth-order valence-electron chi connectivity index (χ4n) is 2.00. The molecule has 1 unspecified atom stereocenters. The maximum Gasteiger partial charge on any atom is 0.139 e. The minimum Gasteiger partial charge on any atom is -0.383 e. The number of nitrogen functional groups attached to an aromatic ring is 1. The average molecular weight is 226 g/mol. The standard InChI is InChI=1S/C10H18N4S/c1-8(7-14-4-2-3-5-14)12-10-6-9(11)13-15-10/h6,8,12H,2-5,7H2,1H3,(H2,11,13). The van der Waals surface area contributed by atoms with E-state index in [1.165, 1.54) is 37.5 Å². The molecule has 3 N–H and O–H groups in total. The van der Waals surface area contributed by atoms with Crippen molar-refractivity contribution in [1.82, 2.24) is 9.27 Å². The first-order valence-corrected chi connectivity index (χ1v) is 6.22. The molecule has 0 bridgehead atoms. The largest absolute Gasteiger partial charge is 0.383 e. The van der Waals surface area contributed by atoms with E-state index in [2.05, 4.69) is 21.5 Å². The van der Waals surface area contributed by atoms with Crippen molar-refractivity contribution in [3.05, 3.63) is 6.07 Å². The second-order valence-electron chi connectivity index (χ2n) is 4.17. The summed E-state index contributed by atoms with van der Waals surface area (Å²) in [4.78, 5) is 2.50. The monoisotopic (exact) mass is 226 g/mol. The van der Waals surface area contributed by atoms with Gasteiger partial charge in [0.05, 0.1) is 0 Å². The van der Waals surface area contributed by atoms with Crippen molar-refractivity contribution in [2.24, 2.45) is 0 Å². The van der Waals surface area contributed by atoms with Crippen LogP contribution < -0.4 is 11.1 Å². The molecule has 0 amide bonds. The summed E-state index contributed by atoms with van der Waals surface area (Å²) in [5.41, 5.74) is 5.57. The van der Waals surface area contributed by atoms with E-state index >= 15 is 0 Å².